The lowest BCUT2D eigenvalue weighted by molar-refractivity contribution is 0.159. The molecule has 2 aromatic carbocycles. The molecule has 6 nitrogen and oxygen atoms in total. The highest BCUT2D eigenvalue weighted by Crippen LogP contribution is 2.28. The molecule has 0 amide bonds. The molecule has 0 aromatic heterocycles. The van der Waals surface area contributed by atoms with Crippen molar-refractivity contribution >= 4 is 6.21 Å². The fourth-order valence-corrected chi connectivity index (χ4v) is 2.89. The van der Waals surface area contributed by atoms with Gasteiger partial charge in [-0.25, -0.2) is 4.39 Å². The summed E-state index contributed by atoms with van der Waals surface area (Å²) in [5.74, 6) is 1.66. The normalized spacial score (nSPS) is 14.9. The van der Waals surface area contributed by atoms with Crippen LogP contribution in [0, 0.1) is 5.82 Å². The molecule has 1 heterocycles. The van der Waals surface area contributed by atoms with E-state index in [0.29, 0.717) is 37.1 Å². The van der Waals surface area contributed by atoms with E-state index in [1.807, 2.05) is 31.3 Å². The van der Waals surface area contributed by atoms with E-state index in [1.165, 1.54) is 12.1 Å². The van der Waals surface area contributed by atoms with Crippen LogP contribution in [0.2, 0.25) is 0 Å². The Balaban J connectivity index is 1.53. The third-order valence-corrected chi connectivity index (χ3v) is 4.54. The van der Waals surface area contributed by atoms with E-state index < -0.39 is 0 Å². The lowest BCUT2D eigenvalue weighted by Crippen LogP contribution is -2.41. The second kappa shape index (κ2) is 10.7. The van der Waals surface area contributed by atoms with Crippen molar-refractivity contribution in [3.63, 3.8) is 0 Å². The van der Waals surface area contributed by atoms with E-state index in [-0.39, 0.29) is 5.82 Å². The van der Waals surface area contributed by atoms with Crippen molar-refractivity contribution in [1.29, 1.82) is 0 Å². The van der Waals surface area contributed by atoms with Crippen LogP contribution in [0.15, 0.2) is 47.6 Å². The fraction of sp³-hybridized carbons (Fsp3) is 0.409. The minimum Gasteiger partial charge on any atom is -0.490 e. The van der Waals surface area contributed by atoms with Gasteiger partial charge in [0.1, 0.15) is 24.8 Å². The van der Waals surface area contributed by atoms with Crippen molar-refractivity contribution in [2.24, 2.45) is 5.10 Å². The quantitative estimate of drug-likeness (QED) is 0.477. The van der Waals surface area contributed by atoms with Crippen LogP contribution in [0.5, 0.6) is 17.2 Å². The average molecular weight is 401 g/mol. The smallest absolute Gasteiger partial charge is 0.161 e. The highest BCUT2D eigenvalue weighted by atomic mass is 19.1. The zero-order valence-corrected chi connectivity index (χ0v) is 17.0. The first-order valence-corrected chi connectivity index (χ1v) is 9.89. The van der Waals surface area contributed by atoms with Gasteiger partial charge in [-0.1, -0.05) is 0 Å². The van der Waals surface area contributed by atoms with Crippen molar-refractivity contribution in [3.8, 4) is 17.2 Å². The molecule has 1 saturated heterocycles. The van der Waals surface area contributed by atoms with Gasteiger partial charge in [0.2, 0.25) is 0 Å². The third kappa shape index (κ3) is 6.64. The Hall–Kier alpha value is -2.80. The topological polar surface area (TPSA) is 46.5 Å². The summed E-state index contributed by atoms with van der Waals surface area (Å²) in [5, 5.41) is 6.65. The molecule has 1 aliphatic heterocycles. The van der Waals surface area contributed by atoms with Gasteiger partial charge in [-0.05, 0) is 62.0 Å². The molecule has 29 heavy (non-hydrogen) atoms. The number of nitrogens with zero attached hydrogens (tertiary/aromatic N) is 3. The van der Waals surface area contributed by atoms with Crippen molar-refractivity contribution in [1.82, 2.24) is 9.91 Å². The standard InChI is InChI=1S/C22H28FN3O3/c1-3-27-22-16-18(17-24-26-12-10-25(2)11-13-26)4-9-21(22)29-15-14-28-20-7-5-19(23)6-8-20/h4-9,16-17H,3,10-15H2,1-2H3. The Morgan fingerprint density at radius 3 is 2.38 bits per heavy atom. The molecule has 2 aromatic rings. The maximum absolute atomic E-state index is 12.9. The SMILES string of the molecule is CCOc1cc(C=NN2CCN(C)CC2)ccc1OCCOc1ccc(F)cc1. The maximum atomic E-state index is 12.9. The van der Waals surface area contributed by atoms with Gasteiger partial charge >= 0.3 is 0 Å². The van der Waals surface area contributed by atoms with Crippen molar-refractivity contribution in [2.75, 3.05) is 53.0 Å². The summed E-state index contributed by atoms with van der Waals surface area (Å²) in [6, 6.07) is 11.7. The van der Waals surface area contributed by atoms with Gasteiger partial charge in [0.15, 0.2) is 11.5 Å². The van der Waals surface area contributed by atoms with Gasteiger partial charge in [0.25, 0.3) is 0 Å². The molecule has 3 rings (SSSR count). The largest absolute Gasteiger partial charge is 0.490 e. The van der Waals surface area contributed by atoms with Gasteiger partial charge in [-0.3, -0.25) is 5.01 Å². The molecule has 1 aliphatic rings. The first-order chi connectivity index (χ1) is 14.1. The summed E-state index contributed by atoms with van der Waals surface area (Å²) in [5.41, 5.74) is 0.960. The van der Waals surface area contributed by atoms with Crippen LogP contribution in [-0.4, -0.2) is 69.2 Å². The third-order valence-electron chi connectivity index (χ3n) is 4.54. The number of halogens is 1. The number of ether oxygens (including phenoxy) is 3. The van der Waals surface area contributed by atoms with E-state index in [9.17, 15) is 4.39 Å². The van der Waals surface area contributed by atoms with Crippen LogP contribution in [0.3, 0.4) is 0 Å². The van der Waals surface area contributed by atoms with E-state index in [2.05, 4.69) is 22.1 Å². The Bertz CT molecular complexity index is 790. The molecule has 0 saturated carbocycles. The lowest BCUT2D eigenvalue weighted by atomic mass is 10.2. The predicted molar refractivity (Wildman–Crippen MR) is 112 cm³/mol. The van der Waals surface area contributed by atoms with Crippen molar-refractivity contribution in [3.05, 3.63) is 53.8 Å². The molecular weight excluding hydrogens is 373 g/mol. The Morgan fingerprint density at radius 2 is 1.66 bits per heavy atom. The zero-order chi connectivity index (χ0) is 20.5. The number of benzene rings is 2. The number of hydrogen-bond donors (Lipinski definition) is 0. The molecule has 0 N–H and O–H groups in total. The number of likely N-dealkylation sites (N-methyl/N-ethyl adjacent to an activating group) is 1. The van der Waals surface area contributed by atoms with Crippen molar-refractivity contribution in [2.45, 2.75) is 6.92 Å². The van der Waals surface area contributed by atoms with Crippen LogP contribution in [0.4, 0.5) is 4.39 Å². The molecule has 0 unspecified atom stereocenters. The van der Waals surface area contributed by atoms with E-state index in [1.54, 1.807) is 12.1 Å². The molecule has 0 aliphatic carbocycles. The first-order valence-electron chi connectivity index (χ1n) is 9.89. The lowest BCUT2D eigenvalue weighted by Gasteiger charge is -2.30. The van der Waals surface area contributed by atoms with Crippen LogP contribution in [-0.2, 0) is 0 Å². The van der Waals surface area contributed by atoms with E-state index in [4.69, 9.17) is 14.2 Å². The highest BCUT2D eigenvalue weighted by molar-refractivity contribution is 5.80. The highest BCUT2D eigenvalue weighted by Gasteiger charge is 2.11. The van der Waals surface area contributed by atoms with Crippen molar-refractivity contribution < 1.29 is 18.6 Å². The van der Waals surface area contributed by atoms with E-state index >= 15 is 0 Å². The Labute approximate surface area is 171 Å². The molecule has 1 fully saturated rings. The van der Waals surface area contributed by atoms with Crippen LogP contribution < -0.4 is 14.2 Å². The fourth-order valence-electron chi connectivity index (χ4n) is 2.89. The predicted octanol–water partition coefficient (Wildman–Crippen LogP) is 3.26. The summed E-state index contributed by atoms with van der Waals surface area (Å²) >= 11 is 0. The van der Waals surface area contributed by atoms with Gasteiger partial charge in [0.05, 0.1) is 12.8 Å². The molecule has 7 heteroatoms. The second-order valence-corrected chi connectivity index (χ2v) is 6.79. The van der Waals surface area contributed by atoms with Crippen LogP contribution in [0.25, 0.3) is 0 Å². The van der Waals surface area contributed by atoms with Gasteiger partial charge in [-0.15, -0.1) is 0 Å². The van der Waals surface area contributed by atoms with E-state index in [0.717, 1.165) is 31.7 Å². The molecule has 0 bridgehead atoms. The van der Waals surface area contributed by atoms with Gasteiger partial charge in [0, 0.05) is 26.2 Å². The Morgan fingerprint density at radius 1 is 0.931 bits per heavy atom. The molecule has 0 atom stereocenters. The van der Waals surface area contributed by atoms with Crippen LogP contribution >= 0.6 is 0 Å². The van der Waals surface area contributed by atoms with Gasteiger partial charge in [-0.2, -0.15) is 5.10 Å². The molecule has 0 radical (unpaired) electrons. The molecular formula is C22H28FN3O3. The second-order valence-electron chi connectivity index (χ2n) is 6.79. The Kier molecular flexibility index (Phi) is 7.69. The number of piperazine rings is 1. The number of hydrazone groups is 1. The summed E-state index contributed by atoms with van der Waals surface area (Å²) in [7, 11) is 2.12. The summed E-state index contributed by atoms with van der Waals surface area (Å²) < 4.78 is 30.0. The zero-order valence-electron chi connectivity index (χ0n) is 17.0. The number of hydrogen-bond acceptors (Lipinski definition) is 6. The van der Waals surface area contributed by atoms with Gasteiger partial charge < -0.3 is 19.1 Å². The minimum absolute atomic E-state index is 0.286. The summed E-state index contributed by atoms with van der Waals surface area (Å²) in [6.45, 7) is 7.09. The average Bonchev–Trinajstić information content (AvgIpc) is 2.73. The summed E-state index contributed by atoms with van der Waals surface area (Å²) in [6.07, 6.45) is 1.86. The van der Waals surface area contributed by atoms with Crippen LogP contribution in [0.1, 0.15) is 12.5 Å². The molecule has 0 spiro atoms. The molecule has 156 valence electrons. The monoisotopic (exact) mass is 401 g/mol. The maximum Gasteiger partial charge on any atom is 0.161 e. The number of rotatable bonds is 9. The minimum atomic E-state index is -0.286. The summed E-state index contributed by atoms with van der Waals surface area (Å²) in [4.78, 5) is 2.30. The first kappa shape index (κ1) is 20.9.